The first kappa shape index (κ1) is 25.8. The van der Waals surface area contributed by atoms with E-state index >= 15 is 0 Å². The maximum absolute atomic E-state index is 8.78. The molecule has 0 aliphatic heterocycles. The second-order valence-corrected chi connectivity index (χ2v) is 6.80. The van der Waals surface area contributed by atoms with Gasteiger partial charge in [0.2, 0.25) is 0 Å². The molecule has 2 nitrogen and oxygen atoms in total. The van der Waals surface area contributed by atoms with E-state index in [2.05, 4.69) is 56.2 Å². The average Bonchev–Trinajstić information content (AvgIpc) is 3.34. The third-order valence-corrected chi connectivity index (χ3v) is 3.77. The monoisotopic (exact) mass is 564 g/mol. The zero-order chi connectivity index (χ0) is 19.0. The van der Waals surface area contributed by atoms with Crippen LogP contribution in [0.15, 0.2) is 93.9 Å². The molecule has 4 rings (SSSR count). The van der Waals surface area contributed by atoms with E-state index in [-0.39, 0.29) is 26.2 Å². The Morgan fingerprint density at radius 2 is 1.11 bits per heavy atom. The van der Waals surface area contributed by atoms with Crippen molar-refractivity contribution in [3.05, 3.63) is 106 Å². The fourth-order valence-electron chi connectivity index (χ4n) is 1.63. The van der Waals surface area contributed by atoms with Crippen LogP contribution in [-0.4, -0.2) is 10.2 Å². The summed E-state index contributed by atoms with van der Waals surface area (Å²) in [6.45, 7) is 0. The molecule has 138 valence electrons. The number of benzene rings is 2. The fraction of sp³-hybridized carbons (Fsp3) is 0.0909. The van der Waals surface area contributed by atoms with Crippen LogP contribution in [0.2, 0.25) is 0 Å². The first-order valence-corrected chi connectivity index (χ1v) is 9.49. The summed E-state index contributed by atoms with van der Waals surface area (Å²) in [7, 11) is 0. The molecule has 2 aliphatic rings. The second-order valence-electron chi connectivity index (χ2n) is 4.97. The van der Waals surface area contributed by atoms with Crippen LogP contribution >= 0.6 is 31.9 Å². The van der Waals surface area contributed by atoms with Crippen molar-refractivity contribution in [3.8, 4) is 11.5 Å². The van der Waals surface area contributed by atoms with Crippen LogP contribution in [0.5, 0.6) is 11.5 Å². The van der Waals surface area contributed by atoms with Gasteiger partial charge in [-0.2, -0.15) is 12.2 Å². The van der Waals surface area contributed by atoms with Gasteiger partial charge < -0.3 is 10.2 Å². The van der Waals surface area contributed by atoms with E-state index in [9.17, 15) is 0 Å². The Kier molecular flexibility index (Phi) is 16.2. The standard InChI is InChI=1S/2C6H5BrO.2C5H5.Zr/c2*7-5-2-1-3-6(8)4-5;2*1-2-4-5-3-1;/h2*1-4,8H;2*1-3H,4H2;/q;;2*-1;+2. The van der Waals surface area contributed by atoms with Crippen molar-refractivity contribution in [2.45, 2.75) is 12.8 Å². The molecule has 0 spiro atoms. The molecule has 27 heavy (non-hydrogen) atoms. The predicted octanol–water partition coefficient (Wildman–Crippen LogP) is 6.92. The molecule has 0 bridgehead atoms. The summed E-state index contributed by atoms with van der Waals surface area (Å²) < 4.78 is 1.80. The number of halogens is 2. The van der Waals surface area contributed by atoms with Crippen LogP contribution < -0.4 is 0 Å². The van der Waals surface area contributed by atoms with E-state index in [0.717, 1.165) is 21.8 Å². The molecule has 0 fully saturated rings. The number of hydrogen-bond acceptors (Lipinski definition) is 2. The summed E-state index contributed by atoms with van der Waals surface area (Å²) in [5, 5.41) is 17.6. The van der Waals surface area contributed by atoms with Gasteiger partial charge in [-0.3, -0.25) is 12.2 Å². The van der Waals surface area contributed by atoms with Crippen molar-refractivity contribution in [1.82, 2.24) is 0 Å². The molecule has 0 amide bonds. The van der Waals surface area contributed by atoms with E-state index in [4.69, 9.17) is 10.2 Å². The van der Waals surface area contributed by atoms with E-state index in [1.165, 1.54) is 0 Å². The van der Waals surface area contributed by atoms with Crippen LogP contribution in [0.25, 0.3) is 0 Å². The van der Waals surface area contributed by atoms with Crippen molar-refractivity contribution in [2.24, 2.45) is 0 Å². The number of rotatable bonds is 0. The number of phenols is 2. The van der Waals surface area contributed by atoms with E-state index < -0.39 is 0 Å². The molecule has 2 aromatic rings. The molecule has 2 aromatic carbocycles. The van der Waals surface area contributed by atoms with Gasteiger partial charge in [0.15, 0.2) is 0 Å². The zero-order valence-electron chi connectivity index (χ0n) is 14.6. The molecule has 0 heterocycles. The molecule has 0 saturated heterocycles. The molecular weight excluding hydrogens is 547 g/mol. The molecular formula is C22H20Br2O2Zr. The Morgan fingerprint density at radius 3 is 1.26 bits per heavy atom. The third-order valence-electron chi connectivity index (χ3n) is 2.79. The van der Waals surface area contributed by atoms with Crippen LogP contribution in [0.1, 0.15) is 12.8 Å². The topological polar surface area (TPSA) is 40.5 Å². The third kappa shape index (κ3) is 15.6. The molecule has 0 atom stereocenters. The van der Waals surface area contributed by atoms with Crippen LogP contribution in [0.4, 0.5) is 0 Å². The molecule has 5 heteroatoms. The minimum atomic E-state index is 0. The predicted molar refractivity (Wildman–Crippen MR) is 115 cm³/mol. The molecule has 0 aromatic heterocycles. The first-order chi connectivity index (χ1) is 12.6. The van der Waals surface area contributed by atoms with Crippen molar-refractivity contribution in [2.75, 3.05) is 0 Å². The van der Waals surface area contributed by atoms with Gasteiger partial charge in [0.05, 0.1) is 0 Å². The van der Waals surface area contributed by atoms with Gasteiger partial charge in [0.25, 0.3) is 0 Å². The molecule has 2 N–H and O–H groups in total. The summed E-state index contributed by atoms with van der Waals surface area (Å²) in [6.07, 6.45) is 20.0. The molecule has 2 aliphatic carbocycles. The Morgan fingerprint density at radius 1 is 0.704 bits per heavy atom. The van der Waals surface area contributed by atoms with Gasteiger partial charge in [0.1, 0.15) is 11.5 Å². The summed E-state index contributed by atoms with van der Waals surface area (Å²) in [5.74, 6) is 0.582. The van der Waals surface area contributed by atoms with Crippen LogP contribution in [0.3, 0.4) is 0 Å². The van der Waals surface area contributed by atoms with Gasteiger partial charge in [-0.15, -0.1) is 12.8 Å². The van der Waals surface area contributed by atoms with E-state index in [0.29, 0.717) is 11.5 Å². The SMILES string of the molecule is Oc1cccc(Br)c1.Oc1cccc(Br)c1.[C-]1=CC=CC1.[C-]1=CC=CC1.[Zr+2]. The summed E-state index contributed by atoms with van der Waals surface area (Å²) >= 11 is 6.40. The maximum Gasteiger partial charge on any atom is 2.00 e. The van der Waals surface area contributed by atoms with Gasteiger partial charge in [-0.1, -0.05) is 44.0 Å². The minimum absolute atomic E-state index is 0. The van der Waals surface area contributed by atoms with Crippen molar-refractivity contribution < 1.29 is 36.4 Å². The van der Waals surface area contributed by atoms with Crippen LogP contribution in [-0.2, 0) is 26.2 Å². The summed E-state index contributed by atoms with van der Waals surface area (Å²) in [5.41, 5.74) is 0. The number of phenolic OH excluding ortho intramolecular Hbond substituents is 2. The van der Waals surface area contributed by atoms with Gasteiger partial charge in [-0.05, 0) is 36.4 Å². The van der Waals surface area contributed by atoms with E-state index in [1.807, 2.05) is 36.4 Å². The number of aromatic hydroxyl groups is 2. The average molecular weight is 567 g/mol. The number of allylic oxidation sites excluding steroid dienone is 8. The maximum atomic E-state index is 8.78. The van der Waals surface area contributed by atoms with Crippen molar-refractivity contribution >= 4 is 31.9 Å². The largest absolute Gasteiger partial charge is 2.00 e. The Labute approximate surface area is 197 Å². The van der Waals surface area contributed by atoms with Crippen molar-refractivity contribution in [3.63, 3.8) is 0 Å². The van der Waals surface area contributed by atoms with E-state index in [1.54, 1.807) is 36.4 Å². The Hall–Kier alpha value is -1.16. The van der Waals surface area contributed by atoms with Crippen LogP contribution in [0, 0.1) is 12.2 Å². The fourth-order valence-corrected chi connectivity index (χ4v) is 2.41. The zero-order valence-corrected chi connectivity index (χ0v) is 20.3. The van der Waals surface area contributed by atoms with Gasteiger partial charge in [-0.25, -0.2) is 24.3 Å². The first-order valence-electron chi connectivity index (χ1n) is 7.90. The minimum Gasteiger partial charge on any atom is -0.508 e. The molecule has 0 unspecified atom stereocenters. The quantitative estimate of drug-likeness (QED) is 0.340. The second kappa shape index (κ2) is 17.0. The normalized spacial score (nSPS) is 11.9. The summed E-state index contributed by atoms with van der Waals surface area (Å²) in [4.78, 5) is 0. The molecule has 0 saturated carbocycles. The summed E-state index contributed by atoms with van der Waals surface area (Å²) in [6, 6.07) is 13.8. The van der Waals surface area contributed by atoms with Gasteiger partial charge in [0, 0.05) is 8.95 Å². The number of hydrogen-bond donors (Lipinski definition) is 2. The van der Waals surface area contributed by atoms with Crippen molar-refractivity contribution in [1.29, 1.82) is 0 Å². The van der Waals surface area contributed by atoms with Gasteiger partial charge >= 0.3 is 26.2 Å². The Bertz CT molecular complexity index is 648. The molecule has 0 radical (unpaired) electrons. The Balaban J connectivity index is 0.000000337. The smallest absolute Gasteiger partial charge is 0.508 e.